The van der Waals surface area contributed by atoms with E-state index in [0.29, 0.717) is 0 Å². The molecule has 1 saturated heterocycles. The van der Waals surface area contributed by atoms with Crippen molar-refractivity contribution in [2.24, 2.45) is 0 Å². The van der Waals surface area contributed by atoms with Crippen LogP contribution in [0, 0.1) is 0 Å². The molecule has 5 atom stereocenters. The Hall–Kier alpha value is -3.71. The van der Waals surface area contributed by atoms with Gasteiger partial charge >= 0.3 is 0 Å². The van der Waals surface area contributed by atoms with E-state index in [9.17, 15) is 40.5 Å². The summed E-state index contributed by atoms with van der Waals surface area (Å²) in [6.07, 6.45) is -7.50. The highest BCUT2D eigenvalue weighted by molar-refractivity contribution is 5.88. The molecular formula is C22H22O12. The summed E-state index contributed by atoms with van der Waals surface area (Å²) in [5.74, 6) is -3.63. The van der Waals surface area contributed by atoms with E-state index in [1.807, 2.05) is 0 Å². The van der Waals surface area contributed by atoms with Crippen molar-refractivity contribution in [1.29, 1.82) is 0 Å². The summed E-state index contributed by atoms with van der Waals surface area (Å²) in [7, 11) is 1.33. The Morgan fingerprint density at radius 2 is 1.53 bits per heavy atom. The van der Waals surface area contributed by atoms with Crippen LogP contribution in [0.25, 0.3) is 22.3 Å². The zero-order valence-corrected chi connectivity index (χ0v) is 17.9. The maximum Gasteiger partial charge on any atom is 0.239 e. The molecule has 0 unspecified atom stereocenters. The number of fused-ring (bicyclic) bond motifs is 1. The van der Waals surface area contributed by atoms with E-state index in [4.69, 9.17) is 18.6 Å². The first-order valence-corrected chi connectivity index (χ1v) is 10.0. The molecule has 2 aromatic carbocycles. The zero-order chi connectivity index (χ0) is 24.9. The van der Waals surface area contributed by atoms with Gasteiger partial charge in [0.05, 0.1) is 13.2 Å². The molecule has 4 rings (SSSR count). The molecule has 1 aliphatic heterocycles. The van der Waals surface area contributed by atoms with E-state index in [1.54, 1.807) is 0 Å². The Labute approximate surface area is 191 Å². The minimum atomic E-state index is -1.78. The fourth-order valence-electron chi connectivity index (χ4n) is 3.63. The highest BCUT2D eigenvalue weighted by Crippen LogP contribution is 2.43. The minimum Gasteiger partial charge on any atom is -0.507 e. The summed E-state index contributed by atoms with van der Waals surface area (Å²) < 4.78 is 21.8. The third kappa shape index (κ3) is 3.82. The number of phenols is 4. The smallest absolute Gasteiger partial charge is 0.239 e. The Morgan fingerprint density at radius 1 is 0.882 bits per heavy atom. The van der Waals surface area contributed by atoms with Crippen molar-refractivity contribution in [3.63, 3.8) is 0 Å². The molecular weight excluding hydrogens is 456 g/mol. The lowest BCUT2D eigenvalue weighted by Crippen LogP contribution is -2.58. The fourth-order valence-corrected chi connectivity index (χ4v) is 3.63. The summed E-state index contributed by atoms with van der Waals surface area (Å²) >= 11 is 0. The number of phenolic OH excluding ortho intramolecular Hbond substituents is 4. The normalized spacial score (nSPS) is 24.8. The molecule has 0 spiro atoms. The quantitative estimate of drug-likeness (QED) is 0.257. The Morgan fingerprint density at radius 3 is 2.15 bits per heavy atom. The first-order chi connectivity index (χ1) is 16.0. The molecule has 0 radical (unpaired) electrons. The lowest BCUT2D eigenvalue weighted by atomic mass is 10.00. The first-order valence-electron chi connectivity index (χ1n) is 10.0. The van der Waals surface area contributed by atoms with Gasteiger partial charge in [-0.15, -0.1) is 0 Å². The maximum absolute atomic E-state index is 13.4. The van der Waals surface area contributed by atoms with Gasteiger partial charge in [-0.3, -0.25) is 4.79 Å². The number of hydrogen-bond acceptors (Lipinski definition) is 12. The van der Waals surface area contributed by atoms with Crippen LogP contribution in [-0.4, -0.2) is 73.6 Å². The SMILES string of the molecule is COc1cc(O)c2c(=O)c(O[C@H]3O[C@@H](C)[C@@H](O)[C@H](O)[C@@H]3O)c(-c3cc(O)c(O)c(O)c3)oc2c1. The lowest BCUT2D eigenvalue weighted by molar-refractivity contribution is -0.268. The van der Waals surface area contributed by atoms with Gasteiger partial charge in [-0.2, -0.15) is 0 Å². The van der Waals surface area contributed by atoms with Crippen molar-refractivity contribution in [3.05, 3.63) is 34.5 Å². The molecule has 182 valence electrons. The van der Waals surface area contributed by atoms with Gasteiger partial charge in [-0.1, -0.05) is 0 Å². The average molecular weight is 478 g/mol. The summed E-state index contributed by atoms with van der Waals surface area (Å²) in [6, 6.07) is 4.42. The minimum absolute atomic E-state index is 0.122. The second-order valence-electron chi connectivity index (χ2n) is 7.77. The van der Waals surface area contributed by atoms with E-state index in [1.165, 1.54) is 20.1 Å². The predicted octanol–water partition coefficient (Wildman–Crippen LogP) is 0.497. The molecule has 3 aromatic rings. The molecule has 7 N–H and O–H groups in total. The van der Waals surface area contributed by atoms with E-state index in [0.717, 1.165) is 18.2 Å². The molecule has 12 nitrogen and oxygen atoms in total. The molecule has 34 heavy (non-hydrogen) atoms. The number of rotatable bonds is 4. The molecule has 2 heterocycles. The molecule has 12 heteroatoms. The second kappa shape index (κ2) is 8.57. The Bertz CT molecular complexity index is 1280. The molecule has 0 amide bonds. The van der Waals surface area contributed by atoms with Gasteiger partial charge in [0, 0.05) is 17.7 Å². The maximum atomic E-state index is 13.4. The number of hydrogen-bond donors (Lipinski definition) is 7. The average Bonchev–Trinajstić information content (AvgIpc) is 2.80. The number of aromatic hydroxyl groups is 4. The van der Waals surface area contributed by atoms with Gasteiger partial charge in [0.25, 0.3) is 0 Å². The monoisotopic (exact) mass is 478 g/mol. The Kier molecular flexibility index (Phi) is 5.91. The summed E-state index contributed by atoms with van der Waals surface area (Å²) in [5.41, 5.74) is -1.19. The van der Waals surface area contributed by atoms with Crippen LogP contribution in [0.3, 0.4) is 0 Å². The topological polar surface area (TPSA) is 200 Å². The van der Waals surface area contributed by atoms with Gasteiger partial charge < -0.3 is 54.4 Å². The number of aliphatic hydroxyl groups excluding tert-OH is 3. The molecule has 0 aliphatic carbocycles. The summed E-state index contributed by atoms with van der Waals surface area (Å²) in [5, 5.41) is 70.0. The first kappa shape index (κ1) is 23.4. The fraction of sp³-hybridized carbons (Fsp3) is 0.318. The molecule has 1 aromatic heterocycles. The number of aliphatic hydroxyl groups is 3. The number of ether oxygens (including phenoxy) is 3. The standard InChI is InChI=1S/C22H22O12/c1-7-15(26)18(29)19(30)22(32-7)34-21-17(28)14-10(23)5-9(31-2)6-13(14)33-20(21)8-3-11(24)16(27)12(25)4-8/h3-7,15,18-19,22-27,29-30H,1-2H3/t7-,15+,18-,19-,22+/m0/s1. The van der Waals surface area contributed by atoms with Crippen molar-refractivity contribution in [1.82, 2.24) is 0 Å². The zero-order valence-electron chi connectivity index (χ0n) is 17.9. The van der Waals surface area contributed by atoms with Crippen LogP contribution in [0.4, 0.5) is 0 Å². The van der Waals surface area contributed by atoms with E-state index < -0.39 is 64.9 Å². The van der Waals surface area contributed by atoms with Crippen LogP contribution in [0.15, 0.2) is 33.5 Å². The van der Waals surface area contributed by atoms with Crippen molar-refractivity contribution in [3.8, 4) is 45.8 Å². The molecule has 1 aliphatic rings. The van der Waals surface area contributed by atoms with Gasteiger partial charge in [0.15, 0.2) is 23.0 Å². The van der Waals surface area contributed by atoms with Crippen molar-refractivity contribution < 1.29 is 54.4 Å². The van der Waals surface area contributed by atoms with Gasteiger partial charge in [0.1, 0.15) is 40.8 Å². The highest BCUT2D eigenvalue weighted by Gasteiger charge is 2.44. The van der Waals surface area contributed by atoms with Crippen LogP contribution in [-0.2, 0) is 4.74 Å². The van der Waals surface area contributed by atoms with Crippen LogP contribution in [0.5, 0.6) is 34.5 Å². The molecule has 0 saturated carbocycles. The van der Waals surface area contributed by atoms with Gasteiger partial charge in [0.2, 0.25) is 17.5 Å². The number of methoxy groups -OCH3 is 1. The van der Waals surface area contributed by atoms with Crippen LogP contribution < -0.4 is 14.9 Å². The van der Waals surface area contributed by atoms with Crippen molar-refractivity contribution in [2.45, 2.75) is 37.6 Å². The summed E-state index contributed by atoms with van der Waals surface area (Å²) in [4.78, 5) is 13.4. The number of benzene rings is 2. The van der Waals surface area contributed by atoms with Gasteiger partial charge in [-0.25, -0.2) is 0 Å². The van der Waals surface area contributed by atoms with Crippen LogP contribution in [0.2, 0.25) is 0 Å². The predicted molar refractivity (Wildman–Crippen MR) is 114 cm³/mol. The lowest BCUT2D eigenvalue weighted by Gasteiger charge is -2.38. The van der Waals surface area contributed by atoms with Crippen LogP contribution >= 0.6 is 0 Å². The molecule has 1 fully saturated rings. The van der Waals surface area contributed by atoms with Crippen LogP contribution in [0.1, 0.15) is 6.92 Å². The van der Waals surface area contributed by atoms with Gasteiger partial charge in [-0.05, 0) is 19.1 Å². The van der Waals surface area contributed by atoms with Crippen molar-refractivity contribution >= 4 is 11.0 Å². The summed E-state index contributed by atoms with van der Waals surface area (Å²) in [6.45, 7) is 1.41. The van der Waals surface area contributed by atoms with Crippen molar-refractivity contribution in [2.75, 3.05) is 7.11 Å². The van der Waals surface area contributed by atoms with E-state index in [-0.39, 0.29) is 28.0 Å². The van der Waals surface area contributed by atoms with E-state index >= 15 is 0 Å². The highest BCUT2D eigenvalue weighted by atomic mass is 16.7. The second-order valence-corrected chi connectivity index (χ2v) is 7.77. The molecule has 0 bridgehead atoms. The Balaban J connectivity index is 1.95. The van der Waals surface area contributed by atoms with E-state index in [2.05, 4.69) is 0 Å². The largest absolute Gasteiger partial charge is 0.507 e. The third-order valence-corrected chi connectivity index (χ3v) is 5.52. The third-order valence-electron chi connectivity index (χ3n) is 5.52.